The lowest BCUT2D eigenvalue weighted by atomic mass is 9.77. The Labute approximate surface area is 87.1 Å². The van der Waals surface area contributed by atoms with Gasteiger partial charge < -0.3 is 14.6 Å². The summed E-state index contributed by atoms with van der Waals surface area (Å²) in [5, 5.41) is 0. The van der Waals surface area contributed by atoms with Gasteiger partial charge in [0.15, 0.2) is 0 Å². The number of aldehydes is 1. The summed E-state index contributed by atoms with van der Waals surface area (Å²) in [4.78, 5) is 15.6. The lowest BCUT2D eigenvalue weighted by molar-refractivity contribution is -0.119. The molecule has 3 nitrogen and oxygen atoms in total. The summed E-state index contributed by atoms with van der Waals surface area (Å²) in [6, 6.07) is 0. The smallest absolute Gasteiger partial charge is 0.126 e. The number of carbonyl (C=O) groups excluding carboxylic acids is 1. The van der Waals surface area contributed by atoms with Crippen LogP contribution in [0.15, 0.2) is 0 Å². The summed E-state index contributed by atoms with van der Waals surface area (Å²) in [5.41, 5.74) is -0.0310. The molecule has 0 aromatic carbocycles. The van der Waals surface area contributed by atoms with E-state index >= 15 is 0 Å². The van der Waals surface area contributed by atoms with Crippen LogP contribution in [-0.4, -0.2) is 56.9 Å². The minimum atomic E-state index is -0.0310. The SMILES string of the molecule is CN(C)CCC1(C=O)CCN(C)CC1. The van der Waals surface area contributed by atoms with Gasteiger partial charge in [-0.25, -0.2) is 0 Å². The number of hydrogen-bond donors (Lipinski definition) is 0. The van der Waals surface area contributed by atoms with Crippen molar-refractivity contribution in [3.8, 4) is 0 Å². The predicted molar refractivity (Wildman–Crippen MR) is 58.4 cm³/mol. The highest BCUT2D eigenvalue weighted by molar-refractivity contribution is 5.59. The quantitative estimate of drug-likeness (QED) is 0.626. The Morgan fingerprint density at radius 1 is 1.36 bits per heavy atom. The molecule has 0 N–H and O–H groups in total. The standard InChI is InChI=1S/C11H22N2O/c1-12(2)7-4-11(10-14)5-8-13(3)9-6-11/h10H,4-9H2,1-3H3. The number of hydrogen-bond acceptors (Lipinski definition) is 3. The minimum Gasteiger partial charge on any atom is -0.309 e. The van der Waals surface area contributed by atoms with Gasteiger partial charge in [0, 0.05) is 5.41 Å². The van der Waals surface area contributed by atoms with E-state index in [-0.39, 0.29) is 5.41 Å². The number of likely N-dealkylation sites (tertiary alicyclic amines) is 1. The van der Waals surface area contributed by atoms with Crippen LogP contribution in [-0.2, 0) is 4.79 Å². The summed E-state index contributed by atoms with van der Waals surface area (Å²) < 4.78 is 0. The average molecular weight is 198 g/mol. The molecule has 3 heteroatoms. The van der Waals surface area contributed by atoms with E-state index in [0.717, 1.165) is 38.9 Å². The number of carbonyl (C=O) groups is 1. The van der Waals surface area contributed by atoms with Crippen LogP contribution in [0.5, 0.6) is 0 Å². The van der Waals surface area contributed by atoms with Crippen LogP contribution in [0.3, 0.4) is 0 Å². The van der Waals surface area contributed by atoms with Crippen molar-refractivity contribution < 1.29 is 4.79 Å². The second-order valence-corrected chi connectivity index (χ2v) is 4.84. The Kier molecular flexibility index (Phi) is 4.08. The van der Waals surface area contributed by atoms with Crippen molar-refractivity contribution in [2.24, 2.45) is 5.41 Å². The molecule has 0 saturated carbocycles. The molecule has 0 bridgehead atoms. The largest absolute Gasteiger partial charge is 0.309 e. The van der Waals surface area contributed by atoms with Crippen LogP contribution in [0.1, 0.15) is 19.3 Å². The first-order chi connectivity index (χ1) is 6.58. The summed E-state index contributed by atoms with van der Waals surface area (Å²) in [5.74, 6) is 0. The summed E-state index contributed by atoms with van der Waals surface area (Å²) in [6.45, 7) is 3.14. The maximum Gasteiger partial charge on any atom is 0.126 e. The van der Waals surface area contributed by atoms with Crippen molar-refractivity contribution in [2.45, 2.75) is 19.3 Å². The molecule has 82 valence electrons. The maximum atomic E-state index is 11.2. The lowest BCUT2D eigenvalue weighted by Crippen LogP contribution is -2.40. The third kappa shape index (κ3) is 3.07. The van der Waals surface area contributed by atoms with Crippen LogP contribution < -0.4 is 0 Å². The molecule has 1 heterocycles. The van der Waals surface area contributed by atoms with E-state index < -0.39 is 0 Å². The molecule has 0 radical (unpaired) electrons. The van der Waals surface area contributed by atoms with Crippen molar-refractivity contribution in [1.29, 1.82) is 0 Å². The Morgan fingerprint density at radius 2 is 1.93 bits per heavy atom. The van der Waals surface area contributed by atoms with E-state index in [9.17, 15) is 4.79 Å². The molecule has 0 amide bonds. The van der Waals surface area contributed by atoms with Crippen LogP contribution in [0.2, 0.25) is 0 Å². The molecule has 0 aromatic rings. The minimum absolute atomic E-state index is 0.0310. The Hall–Kier alpha value is -0.410. The highest BCUT2D eigenvalue weighted by Gasteiger charge is 2.32. The normalized spacial score (nSPS) is 22.6. The molecule has 1 aliphatic heterocycles. The van der Waals surface area contributed by atoms with Gasteiger partial charge in [-0.2, -0.15) is 0 Å². The molecule has 0 aromatic heterocycles. The van der Waals surface area contributed by atoms with Gasteiger partial charge in [0.05, 0.1) is 0 Å². The van der Waals surface area contributed by atoms with Gasteiger partial charge in [0.2, 0.25) is 0 Å². The summed E-state index contributed by atoms with van der Waals surface area (Å²) >= 11 is 0. The van der Waals surface area contributed by atoms with Crippen molar-refractivity contribution in [1.82, 2.24) is 9.80 Å². The zero-order chi connectivity index (χ0) is 10.6. The monoisotopic (exact) mass is 198 g/mol. The molecule has 1 fully saturated rings. The third-order valence-corrected chi connectivity index (χ3v) is 3.29. The number of nitrogens with zero attached hydrogens (tertiary/aromatic N) is 2. The van der Waals surface area contributed by atoms with E-state index in [1.807, 2.05) is 0 Å². The summed E-state index contributed by atoms with van der Waals surface area (Å²) in [6.07, 6.45) is 4.27. The van der Waals surface area contributed by atoms with Gasteiger partial charge in [-0.05, 0) is 60.0 Å². The Bertz CT molecular complexity index is 184. The van der Waals surface area contributed by atoms with E-state index in [0.29, 0.717) is 0 Å². The van der Waals surface area contributed by atoms with Gasteiger partial charge in [-0.15, -0.1) is 0 Å². The first-order valence-electron chi connectivity index (χ1n) is 5.38. The number of piperidine rings is 1. The van der Waals surface area contributed by atoms with E-state index in [1.165, 1.54) is 6.29 Å². The highest BCUT2D eigenvalue weighted by Crippen LogP contribution is 2.32. The fourth-order valence-electron chi connectivity index (χ4n) is 1.94. The van der Waals surface area contributed by atoms with E-state index in [4.69, 9.17) is 0 Å². The first kappa shape index (κ1) is 11.7. The second kappa shape index (κ2) is 4.89. The van der Waals surface area contributed by atoms with Crippen molar-refractivity contribution in [3.63, 3.8) is 0 Å². The highest BCUT2D eigenvalue weighted by atomic mass is 16.1. The zero-order valence-corrected chi connectivity index (χ0v) is 9.62. The van der Waals surface area contributed by atoms with Crippen LogP contribution in [0, 0.1) is 5.41 Å². The van der Waals surface area contributed by atoms with Crippen LogP contribution >= 0.6 is 0 Å². The fraction of sp³-hybridized carbons (Fsp3) is 0.909. The van der Waals surface area contributed by atoms with Crippen LogP contribution in [0.4, 0.5) is 0 Å². The first-order valence-corrected chi connectivity index (χ1v) is 5.38. The maximum absolute atomic E-state index is 11.2. The molecule has 1 rings (SSSR count). The Balaban J connectivity index is 2.45. The molecule has 0 aliphatic carbocycles. The Morgan fingerprint density at radius 3 is 2.36 bits per heavy atom. The van der Waals surface area contributed by atoms with Gasteiger partial charge in [0.1, 0.15) is 6.29 Å². The summed E-state index contributed by atoms with van der Waals surface area (Å²) in [7, 11) is 6.25. The number of rotatable bonds is 4. The molecule has 0 atom stereocenters. The van der Waals surface area contributed by atoms with Crippen LogP contribution in [0.25, 0.3) is 0 Å². The fourth-order valence-corrected chi connectivity index (χ4v) is 1.94. The molecular weight excluding hydrogens is 176 g/mol. The third-order valence-electron chi connectivity index (χ3n) is 3.29. The molecule has 1 saturated heterocycles. The van der Waals surface area contributed by atoms with E-state index in [1.54, 1.807) is 0 Å². The van der Waals surface area contributed by atoms with Gasteiger partial charge in [-0.3, -0.25) is 0 Å². The van der Waals surface area contributed by atoms with Gasteiger partial charge >= 0.3 is 0 Å². The molecule has 14 heavy (non-hydrogen) atoms. The van der Waals surface area contributed by atoms with E-state index in [2.05, 4.69) is 30.9 Å². The van der Waals surface area contributed by atoms with Gasteiger partial charge in [0.25, 0.3) is 0 Å². The average Bonchev–Trinajstić information content (AvgIpc) is 2.18. The van der Waals surface area contributed by atoms with Crippen molar-refractivity contribution >= 4 is 6.29 Å². The molecular formula is C11H22N2O. The topological polar surface area (TPSA) is 23.6 Å². The lowest BCUT2D eigenvalue weighted by Gasteiger charge is -2.37. The molecule has 1 aliphatic rings. The predicted octanol–water partition coefficient (Wildman–Crippen LogP) is 0.849. The van der Waals surface area contributed by atoms with Crippen molar-refractivity contribution in [3.05, 3.63) is 0 Å². The zero-order valence-electron chi connectivity index (χ0n) is 9.62. The van der Waals surface area contributed by atoms with Gasteiger partial charge in [-0.1, -0.05) is 0 Å². The van der Waals surface area contributed by atoms with Crippen molar-refractivity contribution in [2.75, 3.05) is 40.8 Å². The molecule has 0 spiro atoms. The second-order valence-electron chi connectivity index (χ2n) is 4.84. The molecule has 0 unspecified atom stereocenters.